The van der Waals surface area contributed by atoms with Crippen molar-refractivity contribution in [1.29, 1.82) is 0 Å². The Morgan fingerprint density at radius 1 is 0.848 bits per heavy atom. The molecule has 0 fully saturated rings. The maximum Gasteiger partial charge on any atom is 0.243 e. The number of hydrogen-bond donors (Lipinski definition) is 2. The van der Waals surface area contributed by atoms with Gasteiger partial charge >= 0.3 is 0 Å². The number of amides is 2. The predicted molar refractivity (Wildman–Crippen MR) is 131 cm³/mol. The molecule has 1 atom stereocenters. The third-order valence-electron chi connectivity index (χ3n) is 5.37. The Balaban J connectivity index is 1.91. The number of aliphatic hydroxyl groups is 1. The highest BCUT2D eigenvalue weighted by atomic mass is 35.5. The molecule has 3 aromatic rings. The van der Waals surface area contributed by atoms with Gasteiger partial charge in [-0.15, -0.1) is 0 Å². The summed E-state index contributed by atoms with van der Waals surface area (Å²) in [6.07, 6.45) is 1.04. The van der Waals surface area contributed by atoms with E-state index in [-0.39, 0.29) is 31.4 Å². The zero-order chi connectivity index (χ0) is 23.5. The molecule has 0 spiro atoms. The molecule has 0 aliphatic heterocycles. The Labute approximate surface area is 200 Å². The van der Waals surface area contributed by atoms with E-state index in [0.717, 1.165) is 16.7 Å². The number of carbonyl (C=O) groups excluding carboxylic acids is 2. The van der Waals surface area contributed by atoms with Gasteiger partial charge in [0.15, 0.2) is 0 Å². The number of benzene rings is 3. The van der Waals surface area contributed by atoms with E-state index >= 15 is 0 Å². The van der Waals surface area contributed by atoms with E-state index in [1.54, 1.807) is 17.0 Å². The van der Waals surface area contributed by atoms with Crippen molar-refractivity contribution in [2.75, 3.05) is 13.2 Å². The number of aliphatic hydroxyl groups excluding tert-OH is 1. The molecule has 3 aromatic carbocycles. The fraction of sp³-hybridized carbons (Fsp3) is 0.259. The molecule has 2 amide bonds. The van der Waals surface area contributed by atoms with Crippen LogP contribution in [-0.2, 0) is 29.0 Å². The van der Waals surface area contributed by atoms with Crippen LogP contribution in [0.3, 0.4) is 0 Å². The lowest BCUT2D eigenvalue weighted by atomic mass is 10.0. The predicted octanol–water partition coefficient (Wildman–Crippen LogP) is 4.02. The summed E-state index contributed by atoms with van der Waals surface area (Å²) in [7, 11) is 0. The fourth-order valence-corrected chi connectivity index (χ4v) is 3.75. The van der Waals surface area contributed by atoms with Gasteiger partial charge in [-0.25, -0.2) is 0 Å². The van der Waals surface area contributed by atoms with E-state index in [2.05, 4.69) is 5.32 Å². The Morgan fingerprint density at radius 3 is 2.06 bits per heavy atom. The summed E-state index contributed by atoms with van der Waals surface area (Å²) in [5, 5.41) is 12.6. The summed E-state index contributed by atoms with van der Waals surface area (Å²) in [5.41, 5.74) is 2.75. The minimum atomic E-state index is -0.696. The van der Waals surface area contributed by atoms with Crippen molar-refractivity contribution in [3.8, 4) is 0 Å². The van der Waals surface area contributed by atoms with Gasteiger partial charge in [0.25, 0.3) is 0 Å². The van der Waals surface area contributed by atoms with Gasteiger partial charge in [-0.05, 0) is 35.2 Å². The van der Waals surface area contributed by atoms with Crippen LogP contribution in [0.25, 0.3) is 0 Å². The quantitative estimate of drug-likeness (QED) is 0.421. The lowest BCUT2D eigenvalue weighted by Crippen LogP contribution is -2.51. The first kappa shape index (κ1) is 24.5. The Morgan fingerprint density at radius 2 is 1.45 bits per heavy atom. The van der Waals surface area contributed by atoms with Gasteiger partial charge < -0.3 is 15.3 Å². The molecule has 5 nitrogen and oxygen atoms in total. The molecule has 0 aliphatic carbocycles. The molecule has 0 heterocycles. The van der Waals surface area contributed by atoms with E-state index in [9.17, 15) is 9.59 Å². The van der Waals surface area contributed by atoms with E-state index in [1.165, 1.54) is 0 Å². The summed E-state index contributed by atoms with van der Waals surface area (Å²) in [5.74, 6) is -0.364. The molecular weight excluding hydrogens is 436 g/mol. The number of halogens is 1. The molecule has 2 N–H and O–H groups in total. The number of nitrogens with one attached hydrogen (secondary N) is 1. The molecule has 0 aliphatic rings. The lowest BCUT2D eigenvalue weighted by molar-refractivity contribution is -0.140. The molecule has 0 bridgehead atoms. The Hall–Kier alpha value is -3.15. The molecule has 0 radical (unpaired) electrons. The Kier molecular flexibility index (Phi) is 9.48. The summed E-state index contributed by atoms with van der Waals surface area (Å²) < 4.78 is 0. The zero-order valence-electron chi connectivity index (χ0n) is 18.5. The highest BCUT2D eigenvalue weighted by Gasteiger charge is 2.30. The third kappa shape index (κ3) is 7.74. The van der Waals surface area contributed by atoms with Crippen molar-refractivity contribution in [2.45, 2.75) is 31.8 Å². The monoisotopic (exact) mass is 464 g/mol. The molecule has 172 valence electrons. The molecule has 3 rings (SSSR count). The van der Waals surface area contributed by atoms with Gasteiger partial charge in [0.05, 0.1) is 6.42 Å². The molecule has 33 heavy (non-hydrogen) atoms. The molecule has 6 heteroatoms. The van der Waals surface area contributed by atoms with Crippen LogP contribution in [0, 0.1) is 0 Å². The van der Waals surface area contributed by atoms with Crippen molar-refractivity contribution in [3.63, 3.8) is 0 Å². The van der Waals surface area contributed by atoms with Crippen LogP contribution in [0.1, 0.15) is 23.1 Å². The minimum Gasteiger partial charge on any atom is -0.396 e. The number of nitrogens with zero attached hydrogens (tertiary/aromatic N) is 1. The number of rotatable bonds is 11. The summed E-state index contributed by atoms with van der Waals surface area (Å²) in [4.78, 5) is 28.4. The van der Waals surface area contributed by atoms with Crippen molar-refractivity contribution in [2.24, 2.45) is 0 Å². The van der Waals surface area contributed by atoms with Gasteiger partial charge in [0, 0.05) is 31.1 Å². The zero-order valence-corrected chi connectivity index (χ0v) is 19.2. The van der Waals surface area contributed by atoms with Crippen LogP contribution in [0.15, 0.2) is 84.9 Å². The first-order valence-corrected chi connectivity index (χ1v) is 11.4. The largest absolute Gasteiger partial charge is 0.396 e. The highest BCUT2D eigenvalue weighted by Crippen LogP contribution is 2.18. The minimum absolute atomic E-state index is 0.00887. The van der Waals surface area contributed by atoms with E-state index in [4.69, 9.17) is 16.7 Å². The van der Waals surface area contributed by atoms with Gasteiger partial charge in [-0.3, -0.25) is 9.59 Å². The van der Waals surface area contributed by atoms with Gasteiger partial charge in [0.2, 0.25) is 11.8 Å². The van der Waals surface area contributed by atoms with Crippen molar-refractivity contribution in [3.05, 3.63) is 107 Å². The van der Waals surface area contributed by atoms with Crippen molar-refractivity contribution >= 4 is 23.4 Å². The fourth-order valence-electron chi connectivity index (χ4n) is 3.62. The van der Waals surface area contributed by atoms with Crippen LogP contribution in [0.5, 0.6) is 0 Å². The smallest absolute Gasteiger partial charge is 0.243 e. The topological polar surface area (TPSA) is 69.6 Å². The SMILES string of the molecule is O=C(NCCCO)C(Cc1ccccc1)N(Cc1ccc(Cl)cc1)C(=O)Cc1ccccc1. The third-order valence-corrected chi connectivity index (χ3v) is 5.62. The maximum absolute atomic E-state index is 13.5. The van der Waals surface area contributed by atoms with Gasteiger partial charge in [0.1, 0.15) is 6.04 Å². The first-order chi connectivity index (χ1) is 16.1. The average Bonchev–Trinajstić information content (AvgIpc) is 2.84. The van der Waals surface area contributed by atoms with Gasteiger partial charge in [-0.1, -0.05) is 84.4 Å². The second-order valence-electron chi connectivity index (χ2n) is 7.88. The molecule has 1 unspecified atom stereocenters. The van der Waals surface area contributed by atoms with Crippen LogP contribution < -0.4 is 5.32 Å². The highest BCUT2D eigenvalue weighted by molar-refractivity contribution is 6.30. The van der Waals surface area contributed by atoms with Crippen LogP contribution in [-0.4, -0.2) is 41.0 Å². The second kappa shape index (κ2) is 12.8. The number of hydrogen-bond acceptors (Lipinski definition) is 3. The van der Waals surface area contributed by atoms with Crippen molar-refractivity contribution < 1.29 is 14.7 Å². The second-order valence-corrected chi connectivity index (χ2v) is 8.32. The summed E-state index contributed by atoms with van der Waals surface area (Å²) in [6, 6.07) is 25.8. The summed E-state index contributed by atoms with van der Waals surface area (Å²) in [6.45, 7) is 0.626. The Bertz CT molecular complexity index is 1010. The van der Waals surface area contributed by atoms with Crippen LogP contribution >= 0.6 is 11.6 Å². The van der Waals surface area contributed by atoms with Crippen molar-refractivity contribution in [1.82, 2.24) is 10.2 Å². The molecule has 0 saturated heterocycles. The van der Waals surface area contributed by atoms with E-state index < -0.39 is 6.04 Å². The first-order valence-electron chi connectivity index (χ1n) is 11.1. The standard InChI is InChI=1S/C27H29ClN2O3/c28-24-14-12-23(13-15-24)20-30(26(32)19-22-10-5-2-6-11-22)25(27(33)29-16-7-17-31)18-21-8-3-1-4-9-21/h1-6,8-15,25,31H,7,16-20H2,(H,29,33). The number of carbonyl (C=O) groups is 2. The lowest BCUT2D eigenvalue weighted by Gasteiger charge is -2.31. The van der Waals surface area contributed by atoms with Crippen LogP contribution in [0.2, 0.25) is 5.02 Å². The van der Waals surface area contributed by atoms with Crippen LogP contribution in [0.4, 0.5) is 0 Å². The normalized spacial score (nSPS) is 11.6. The average molecular weight is 465 g/mol. The molecular formula is C27H29ClN2O3. The van der Waals surface area contributed by atoms with E-state index in [1.807, 2.05) is 72.8 Å². The van der Waals surface area contributed by atoms with Gasteiger partial charge in [-0.2, -0.15) is 0 Å². The summed E-state index contributed by atoms with van der Waals surface area (Å²) >= 11 is 6.04. The van der Waals surface area contributed by atoms with E-state index in [0.29, 0.717) is 24.4 Å². The maximum atomic E-state index is 13.5. The molecule has 0 saturated carbocycles. The molecule has 0 aromatic heterocycles.